The van der Waals surface area contributed by atoms with Gasteiger partial charge in [0.1, 0.15) is 12.3 Å². The van der Waals surface area contributed by atoms with Gasteiger partial charge in [0.2, 0.25) is 11.8 Å². The minimum absolute atomic E-state index is 0.00137. The summed E-state index contributed by atoms with van der Waals surface area (Å²) in [6, 6.07) is 15.4. The molecule has 5 nitrogen and oxygen atoms in total. The number of aryl methyl sites for hydroxylation is 1. The zero-order valence-electron chi connectivity index (χ0n) is 14.3. The molecule has 2 amide bonds. The number of carbonyl (C=O) groups excluding carboxylic acids is 2. The van der Waals surface area contributed by atoms with E-state index in [1.54, 1.807) is 12.0 Å². The van der Waals surface area contributed by atoms with Crippen molar-refractivity contribution in [3.63, 3.8) is 0 Å². The van der Waals surface area contributed by atoms with Crippen LogP contribution in [-0.4, -0.2) is 25.5 Å². The highest BCUT2D eigenvalue weighted by molar-refractivity contribution is 5.99. The molecule has 0 radical (unpaired) electrons. The quantitative estimate of drug-likeness (QED) is 0.912. The van der Waals surface area contributed by atoms with E-state index in [1.807, 2.05) is 48.5 Å². The molecule has 5 heteroatoms. The second kappa shape index (κ2) is 7.83. The van der Waals surface area contributed by atoms with Crippen molar-refractivity contribution in [1.29, 1.82) is 0 Å². The van der Waals surface area contributed by atoms with E-state index in [1.165, 1.54) is 0 Å². The first-order valence-corrected chi connectivity index (χ1v) is 8.45. The van der Waals surface area contributed by atoms with Gasteiger partial charge in [0.15, 0.2) is 0 Å². The van der Waals surface area contributed by atoms with Crippen LogP contribution in [0.15, 0.2) is 48.5 Å². The molecule has 0 atom stereocenters. The molecular formula is C20H22N2O3. The first-order valence-electron chi connectivity index (χ1n) is 8.45. The Hall–Kier alpha value is -2.82. The number of para-hydroxylation sites is 1. The zero-order chi connectivity index (χ0) is 17.6. The molecule has 1 aliphatic rings. The standard InChI is InChI=1S/C20H22N2O3/c1-25-17-9-4-6-15(12-17)13-21-19(23)14-22-18-10-3-2-7-16(18)8-5-11-20(22)24/h2-4,6-7,9-10,12H,5,8,11,13-14H2,1H3,(H,21,23). The van der Waals surface area contributed by atoms with Gasteiger partial charge in [-0.3, -0.25) is 9.59 Å². The van der Waals surface area contributed by atoms with E-state index in [0.29, 0.717) is 13.0 Å². The van der Waals surface area contributed by atoms with Gasteiger partial charge in [-0.1, -0.05) is 30.3 Å². The number of amides is 2. The van der Waals surface area contributed by atoms with Crippen LogP contribution < -0.4 is 15.0 Å². The predicted octanol–water partition coefficient (Wildman–Crippen LogP) is 2.68. The van der Waals surface area contributed by atoms with Crippen molar-refractivity contribution in [1.82, 2.24) is 5.32 Å². The number of anilines is 1. The van der Waals surface area contributed by atoms with Crippen molar-refractivity contribution in [3.05, 3.63) is 59.7 Å². The Kier molecular flexibility index (Phi) is 5.33. The Bertz CT molecular complexity index is 773. The summed E-state index contributed by atoms with van der Waals surface area (Å²) in [4.78, 5) is 26.4. The average molecular weight is 338 g/mol. The minimum atomic E-state index is -0.173. The SMILES string of the molecule is COc1cccc(CNC(=O)CN2C(=O)CCCc3ccccc32)c1. The Labute approximate surface area is 147 Å². The van der Waals surface area contributed by atoms with Gasteiger partial charge in [-0.05, 0) is 42.2 Å². The van der Waals surface area contributed by atoms with Crippen LogP contribution in [0, 0.1) is 0 Å². The maximum absolute atomic E-state index is 12.4. The maximum atomic E-state index is 12.4. The van der Waals surface area contributed by atoms with E-state index in [9.17, 15) is 9.59 Å². The van der Waals surface area contributed by atoms with Gasteiger partial charge in [-0.25, -0.2) is 0 Å². The van der Waals surface area contributed by atoms with Crippen LogP contribution in [-0.2, 0) is 22.6 Å². The fourth-order valence-electron chi connectivity index (χ4n) is 3.04. The summed E-state index contributed by atoms with van der Waals surface area (Å²) in [5, 5.41) is 2.88. The molecule has 0 aromatic heterocycles. The van der Waals surface area contributed by atoms with Gasteiger partial charge >= 0.3 is 0 Å². The Morgan fingerprint density at radius 1 is 1.16 bits per heavy atom. The number of hydrogen-bond acceptors (Lipinski definition) is 3. The largest absolute Gasteiger partial charge is 0.497 e. The molecule has 0 unspecified atom stereocenters. The number of hydrogen-bond donors (Lipinski definition) is 1. The molecule has 0 aliphatic carbocycles. The summed E-state index contributed by atoms with van der Waals surface area (Å²) in [6.45, 7) is 0.444. The van der Waals surface area contributed by atoms with Crippen LogP contribution in [0.4, 0.5) is 5.69 Å². The van der Waals surface area contributed by atoms with E-state index >= 15 is 0 Å². The van der Waals surface area contributed by atoms with Gasteiger partial charge in [-0.15, -0.1) is 0 Å². The first kappa shape index (κ1) is 17.0. The fraction of sp³-hybridized carbons (Fsp3) is 0.300. The highest BCUT2D eigenvalue weighted by atomic mass is 16.5. The molecule has 0 saturated heterocycles. The lowest BCUT2D eigenvalue weighted by Crippen LogP contribution is -2.40. The number of carbonyl (C=O) groups is 2. The Morgan fingerprint density at radius 2 is 2.00 bits per heavy atom. The summed E-state index contributed by atoms with van der Waals surface area (Å²) >= 11 is 0. The van der Waals surface area contributed by atoms with Crippen LogP contribution in [0.25, 0.3) is 0 Å². The lowest BCUT2D eigenvalue weighted by atomic mass is 10.1. The zero-order valence-corrected chi connectivity index (χ0v) is 14.3. The van der Waals surface area contributed by atoms with E-state index in [4.69, 9.17) is 4.74 Å². The van der Waals surface area contributed by atoms with Gasteiger partial charge < -0.3 is 15.0 Å². The molecule has 3 rings (SSSR count). The Morgan fingerprint density at radius 3 is 2.84 bits per heavy atom. The highest BCUT2D eigenvalue weighted by Gasteiger charge is 2.23. The summed E-state index contributed by atoms with van der Waals surface area (Å²) in [5.74, 6) is 0.581. The van der Waals surface area contributed by atoms with Crippen LogP contribution in [0.3, 0.4) is 0 Å². The summed E-state index contributed by atoms with van der Waals surface area (Å²) in [7, 11) is 1.61. The third-order valence-corrected chi connectivity index (χ3v) is 4.35. The van der Waals surface area contributed by atoms with E-state index < -0.39 is 0 Å². The Balaban J connectivity index is 1.66. The molecule has 1 N–H and O–H groups in total. The second-order valence-electron chi connectivity index (χ2n) is 6.09. The third-order valence-electron chi connectivity index (χ3n) is 4.35. The van der Waals surface area contributed by atoms with Gasteiger partial charge in [0.05, 0.1) is 7.11 Å². The second-order valence-corrected chi connectivity index (χ2v) is 6.09. The molecule has 1 heterocycles. The smallest absolute Gasteiger partial charge is 0.240 e. The molecule has 0 saturated carbocycles. The van der Waals surface area contributed by atoms with Crippen LogP contribution >= 0.6 is 0 Å². The van der Waals surface area contributed by atoms with Gasteiger partial charge in [-0.2, -0.15) is 0 Å². The number of nitrogens with zero attached hydrogens (tertiary/aromatic N) is 1. The molecule has 2 aromatic rings. The number of methoxy groups -OCH3 is 1. The first-order chi connectivity index (χ1) is 12.2. The van der Waals surface area contributed by atoms with Gasteiger partial charge in [0, 0.05) is 18.7 Å². The molecule has 0 fully saturated rings. The number of nitrogens with one attached hydrogen (secondary N) is 1. The lowest BCUT2D eigenvalue weighted by Gasteiger charge is -2.22. The monoisotopic (exact) mass is 338 g/mol. The summed E-state index contributed by atoms with van der Waals surface area (Å²) in [6.07, 6.45) is 2.15. The van der Waals surface area contributed by atoms with Crippen molar-refractivity contribution in [3.8, 4) is 5.75 Å². The van der Waals surface area contributed by atoms with Crippen molar-refractivity contribution in [2.45, 2.75) is 25.8 Å². The molecule has 0 spiro atoms. The summed E-state index contributed by atoms with van der Waals surface area (Å²) in [5.41, 5.74) is 2.92. The topological polar surface area (TPSA) is 58.6 Å². The van der Waals surface area contributed by atoms with E-state index in [2.05, 4.69) is 5.32 Å². The molecular weight excluding hydrogens is 316 g/mol. The van der Waals surface area contributed by atoms with E-state index in [0.717, 1.165) is 35.4 Å². The number of fused-ring (bicyclic) bond motifs is 1. The minimum Gasteiger partial charge on any atom is -0.497 e. The van der Waals surface area contributed by atoms with Crippen molar-refractivity contribution in [2.75, 3.05) is 18.6 Å². The van der Waals surface area contributed by atoms with Crippen LogP contribution in [0.1, 0.15) is 24.0 Å². The molecule has 2 aromatic carbocycles. The molecule has 1 aliphatic heterocycles. The van der Waals surface area contributed by atoms with Crippen molar-refractivity contribution < 1.29 is 14.3 Å². The highest BCUT2D eigenvalue weighted by Crippen LogP contribution is 2.26. The summed E-state index contributed by atoms with van der Waals surface area (Å²) < 4.78 is 5.18. The van der Waals surface area contributed by atoms with Crippen molar-refractivity contribution in [2.24, 2.45) is 0 Å². The normalized spacial score (nSPS) is 13.8. The van der Waals surface area contributed by atoms with Gasteiger partial charge in [0.25, 0.3) is 0 Å². The third kappa shape index (κ3) is 4.18. The molecule has 25 heavy (non-hydrogen) atoms. The number of rotatable bonds is 5. The molecule has 130 valence electrons. The maximum Gasteiger partial charge on any atom is 0.240 e. The van der Waals surface area contributed by atoms with Crippen LogP contribution in [0.5, 0.6) is 5.75 Å². The number of benzene rings is 2. The van der Waals surface area contributed by atoms with E-state index in [-0.39, 0.29) is 18.4 Å². The average Bonchev–Trinajstić information content (AvgIpc) is 2.79. The fourth-order valence-corrected chi connectivity index (χ4v) is 3.04. The molecule has 0 bridgehead atoms. The number of ether oxygens (including phenoxy) is 1. The van der Waals surface area contributed by atoms with Crippen LogP contribution in [0.2, 0.25) is 0 Å². The predicted molar refractivity (Wildman–Crippen MR) is 96.6 cm³/mol. The lowest BCUT2D eigenvalue weighted by molar-refractivity contribution is -0.123. The van der Waals surface area contributed by atoms with Crippen molar-refractivity contribution >= 4 is 17.5 Å².